The molecule has 0 bridgehead atoms. The van der Waals surface area contributed by atoms with E-state index in [1.54, 1.807) is 0 Å². The molecule has 0 saturated heterocycles. The van der Waals surface area contributed by atoms with Crippen molar-refractivity contribution < 1.29 is 13.5 Å². The second kappa shape index (κ2) is 6.50. The van der Waals surface area contributed by atoms with Gasteiger partial charge >= 0.3 is 0 Å². The highest BCUT2D eigenvalue weighted by molar-refractivity contribution is 5.82. The molecule has 5 heteroatoms. The van der Waals surface area contributed by atoms with Crippen LogP contribution in [0.1, 0.15) is 33.1 Å². The number of amidine groups is 1. The summed E-state index contributed by atoms with van der Waals surface area (Å²) in [5, 5.41) is 7.42. The Balaban J connectivity index is 2.30. The van der Waals surface area contributed by atoms with E-state index in [-0.39, 0.29) is 17.0 Å². The van der Waals surface area contributed by atoms with Gasteiger partial charge in [0.05, 0.1) is 12.4 Å². The van der Waals surface area contributed by atoms with Gasteiger partial charge in [-0.15, -0.1) is 0 Å². The first-order valence-electron chi connectivity index (χ1n) is 6.25. The summed E-state index contributed by atoms with van der Waals surface area (Å²) < 4.78 is 31.2. The predicted octanol–water partition coefficient (Wildman–Crippen LogP) is 3.48. The maximum Gasteiger partial charge on any atom is 0.167 e. The van der Waals surface area contributed by atoms with Crippen molar-refractivity contribution in [3.8, 4) is 5.75 Å². The molecule has 0 aromatic heterocycles. The van der Waals surface area contributed by atoms with Crippen molar-refractivity contribution in [1.29, 1.82) is 5.41 Å². The molecule has 19 heavy (non-hydrogen) atoms. The van der Waals surface area contributed by atoms with Gasteiger partial charge in [-0.25, -0.2) is 8.78 Å². The number of nitrogens with one attached hydrogen (secondary N) is 1. The van der Waals surface area contributed by atoms with E-state index in [4.69, 9.17) is 15.9 Å². The minimum absolute atomic E-state index is 0.0622. The molecular formula is C14H20F2N2O. The maximum atomic E-state index is 13.2. The SMILES string of the molecule is CC(C)(CCCCOc1ccc(F)cc1F)C(=N)N. The molecular weight excluding hydrogens is 250 g/mol. The minimum Gasteiger partial charge on any atom is -0.491 e. The largest absolute Gasteiger partial charge is 0.491 e. The summed E-state index contributed by atoms with van der Waals surface area (Å²) in [4.78, 5) is 0. The van der Waals surface area contributed by atoms with Crippen molar-refractivity contribution >= 4 is 5.84 Å². The zero-order valence-corrected chi connectivity index (χ0v) is 11.3. The van der Waals surface area contributed by atoms with E-state index in [9.17, 15) is 8.78 Å². The lowest BCUT2D eigenvalue weighted by atomic mass is 9.86. The lowest BCUT2D eigenvalue weighted by Gasteiger charge is -2.22. The molecule has 0 radical (unpaired) electrons. The molecule has 3 N–H and O–H groups in total. The molecule has 0 aliphatic heterocycles. The van der Waals surface area contributed by atoms with Gasteiger partial charge in [0.1, 0.15) is 5.82 Å². The standard InChI is InChI=1S/C14H20F2N2O/c1-14(2,13(17)18)7-3-4-8-19-12-6-5-10(15)9-11(12)16/h5-6,9H,3-4,7-8H2,1-2H3,(H3,17,18). The molecule has 0 heterocycles. The van der Waals surface area contributed by atoms with Crippen LogP contribution in [0, 0.1) is 22.5 Å². The third-order valence-electron chi connectivity index (χ3n) is 3.08. The van der Waals surface area contributed by atoms with Gasteiger partial charge in [-0.2, -0.15) is 0 Å². The Morgan fingerprint density at radius 2 is 2.00 bits per heavy atom. The average molecular weight is 270 g/mol. The summed E-state index contributed by atoms with van der Waals surface area (Å²) >= 11 is 0. The fourth-order valence-electron chi connectivity index (χ4n) is 1.58. The first kappa shape index (κ1) is 15.4. The Kier molecular flexibility index (Phi) is 5.27. The second-order valence-electron chi connectivity index (χ2n) is 5.18. The van der Waals surface area contributed by atoms with Crippen LogP contribution in [-0.2, 0) is 0 Å². The molecule has 1 aromatic carbocycles. The van der Waals surface area contributed by atoms with Crippen molar-refractivity contribution in [1.82, 2.24) is 0 Å². The first-order chi connectivity index (χ1) is 8.83. The quantitative estimate of drug-likeness (QED) is 0.453. The maximum absolute atomic E-state index is 13.2. The fraction of sp³-hybridized carbons (Fsp3) is 0.500. The van der Waals surface area contributed by atoms with Crippen LogP contribution >= 0.6 is 0 Å². The van der Waals surface area contributed by atoms with Crippen LogP contribution < -0.4 is 10.5 Å². The summed E-state index contributed by atoms with van der Waals surface area (Å²) in [5.41, 5.74) is 5.16. The third kappa shape index (κ3) is 4.85. The van der Waals surface area contributed by atoms with Crippen molar-refractivity contribution in [3.05, 3.63) is 29.8 Å². The molecule has 1 aromatic rings. The van der Waals surface area contributed by atoms with E-state index in [1.807, 2.05) is 13.8 Å². The van der Waals surface area contributed by atoms with E-state index in [0.717, 1.165) is 31.4 Å². The topological polar surface area (TPSA) is 59.1 Å². The van der Waals surface area contributed by atoms with Gasteiger partial charge in [-0.1, -0.05) is 13.8 Å². The van der Waals surface area contributed by atoms with Crippen molar-refractivity contribution in [2.75, 3.05) is 6.61 Å². The van der Waals surface area contributed by atoms with Crippen LogP contribution in [0.3, 0.4) is 0 Å². The van der Waals surface area contributed by atoms with Gasteiger partial charge in [0.2, 0.25) is 0 Å². The zero-order chi connectivity index (χ0) is 14.5. The van der Waals surface area contributed by atoms with Crippen molar-refractivity contribution in [3.63, 3.8) is 0 Å². The normalized spacial score (nSPS) is 11.4. The van der Waals surface area contributed by atoms with E-state index in [1.165, 1.54) is 6.07 Å². The molecule has 0 amide bonds. The number of halogens is 2. The summed E-state index contributed by atoms with van der Waals surface area (Å²) in [6.07, 6.45) is 2.33. The first-order valence-corrected chi connectivity index (χ1v) is 6.25. The molecule has 0 fully saturated rings. The van der Waals surface area contributed by atoms with Gasteiger partial charge < -0.3 is 10.5 Å². The average Bonchev–Trinajstić information content (AvgIpc) is 2.31. The van der Waals surface area contributed by atoms with Gasteiger partial charge in [0.15, 0.2) is 11.6 Å². The molecule has 0 aliphatic carbocycles. The number of hydrogen-bond acceptors (Lipinski definition) is 2. The molecule has 0 aliphatic rings. The highest BCUT2D eigenvalue weighted by Crippen LogP contribution is 2.23. The Morgan fingerprint density at radius 3 is 2.58 bits per heavy atom. The monoisotopic (exact) mass is 270 g/mol. The second-order valence-corrected chi connectivity index (χ2v) is 5.18. The Morgan fingerprint density at radius 1 is 1.32 bits per heavy atom. The summed E-state index contributed by atoms with van der Waals surface area (Å²) in [6.45, 7) is 4.18. The van der Waals surface area contributed by atoms with Gasteiger partial charge in [0, 0.05) is 11.5 Å². The number of ether oxygens (including phenoxy) is 1. The van der Waals surface area contributed by atoms with Crippen LogP contribution in [0.25, 0.3) is 0 Å². The molecule has 106 valence electrons. The third-order valence-corrected chi connectivity index (χ3v) is 3.08. The van der Waals surface area contributed by atoms with Crippen LogP contribution in [0.4, 0.5) is 8.78 Å². The molecule has 0 atom stereocenters. The zero-order valence-electron chi connectivity index (χ0n) is 11.3. The Bertz CT molecular complexity index is 447. The highest BCUT2D eigenvalue weighted by atomic mass is 19.1. The number of unbranched alkanes of at least 4 members (excludes halogenated alkanes) is 1. The smallest absolute Gasteiger partial charge is 0.167 e. The van der Waals surface area contributed by atoms with Gasteiger partial charge in [-0.05, 0) is 31.4 Å². The number of hydrogen-bond donors (Lipinski definition) is 2. The molecule has 0 spiro atoms. The van der Waals surface area contributed by atoms with Gasteiger partial charge in [-0.3, -0.25) is 5.41 Å². The van der Waals surface area contributed by atoms with Crippen molar-refractivity contribution in [2.45, 2.75) is 33.1 Å². The van der Waals surface area contributed by atoms with E-state index >= 15 is 0 Å². The highest BCUT2D eigenvalue weighted by Gasteiger charge is 2.20. The Hall–Kier alpha value is -1.65. The lowest BCUT2D eigenvalue weighted by Crippen LogP contribution is -2.30. The lowest BCUT2D eigenvalue weighted by molar-refractivity contribution is 0.282. The van der Waals surface area contributed by atoms with Crippen LogP contribution in [0.5, 0.6) is 5.75 Å². The fourth-order valence-corrected chi connectivity index (χ4v) is 1.58. The summed E-state index contributed by atoms with van der Waals surface area (Å²) in [6, 6.07) is 3.25. The minimum atomic E-state index is -0.691. The molecule has 1 rings (SSSR count). The van der Waals surface area contributed by atoms with Gasteiger partial charge in [0.25, 0.3) is 0 Å². The number of rotatable bonds is 7. The molecule has 3 nitrogen and oxygen atoms in total. The summed E-state index contributed by atoms with van der Waals surface area (Å²) in [5.74, 6) is -1.08. The van der Waals surface area contributed by atoms with E-state index in [0.29, 0.717) is 6.61 Å². The molecule has 0 unspecified atom stereocenters. The predicted molar refractivity (Wildman–Crippen MR) is 71.4 cm³/mol. The number of benzene rings is 1. The van der Waals surface area contributed by atoms with Crippen LogP contribution in [-0.4, -0.2) is 12.4 Å². The van der Waals surface area contributed by atoms with Crippen LogP contribution in [0.15, 0.2) is 18.2 Å². The summed E-state index contributed by atoms with van der Waals surface area (Å²) in [7, 11) is 0. The van der Waals surface area contributed by atoms with E-state index < -0.39 is 11.6 Å². The number of nitrogens with two attached hydrogens (primary N) is 1. The van der Waals surface area contributed by atoms with E-state index in [2.05, 4.69) is 0 Å². The Labute approximate surface area is 112 Å². The van der Waals surface area contributed by atoms with Crippen molar-refractivity contribution in [2.24, 2.45) is 11.1 Å². The molecule has 0 saturated carbocycles. The van der Waals surface area contributed by atoms with Crippen LogP contribution in [0.2, 0.25) is 0 Å².